The monoisotopic (exact) mass is 307 g/mol. The quantitative estimate of drug-likeness (QED) is 0.828. The lowest BCUT2D eigenvalue weighted by molar-refractivity contribution is 1.08. The molecule has 0 aliphatic heterocycles. The Kier molecular flexibility index (Phi) is 4.13. The molecule has 2 aromatic rings. The summed E-state index contributed by atoms with van der Waals surface area (Å²) in [5, 5.41) is 0. The van der Waals surface area contributed by atoms with Gasteiger partial charge in [-0.15, -0.1) is 0 Å². The molecule has 0 aliphatic rings. The number of benzene rings is 2. The van der Waals surface area contributed by atoms with Crippen LogP contribution in [0.2, 0.25) is 0 Å². The van der Waals surface area contributed by atoms with E-state index in [9.17, 15) is 0 Å². The van der Waals surface area contributed by atoms with Gasteiger partial charge in [0.25, 0.3) is 0 Å². The number of nitrogens with two attached hydrogens (primary N) is 1. The molecule has 0 spiro atoms. The SMILES string of the molecule is CCc1cc(Br)ccc1Sc1ccc(N)cc1. The molecule has 0 amide bonds. The van der Waals surface area contributed by atoms with Gasteiger partial charge in [0.1, 0.15) is 0 Å². The van der Waals surface area contributed by atoms with Crippen LogP contribution < -0.4 is 5.73 Å². The zero-order valence-electron chi connectivity index (χ0n) is 9.61. The summed E-state index contributed by atoms with van der Waals surface area (Å²) in [6, 6.07) is 14.4. The maximum atomic E-state index is 5.68. The van der Waals surface area contributed by atoms with Crippen LogP contribution in [0.5, 0.6) is 0 Å². The fraction of sp³-hybridized carbons (Fsp3) is 0.143. The summed E-state index contributed by atoms with van der Waals surface area (Å²) in [4.78, 5) is 2.52. The first kappa shape index (κ1) is 12.5. The van der Waals surface area contributed by atoms with Crippen molar-refractivity contribution in [3.63, 3.8) is 0 Å². The third kappa shape index (κ3) is 3.27. The Labute approximate surface area is 115 Å². The molecule has 1 nitrogen and oxygen atoms in total. The van der Waals surface area contributed by atoms with E-state index in [2.05, 4.69) is 53.2 Å². The lowest BCUT2D eigenvalue weighted by atomic mass is 10.2. The van der Waals surface area contributed by atoms with Crippen LogP contribution in [0.25, 0.3) is 0 Å². The smallest absolute Gasteiger partial charge is 0.0314 e. The summed E-state index contributed by atoms with van der Waals surface area (Å²) in [6.45, 7) is 2.18. The standard InChI is InChI=1S/C14H14BrNS/c1-2-10-9-11(15)3-8-14(10)17-13-6-4-12(16)5-7-13/h3-9H,2,16H2,1H3. The van der Waals surface area contributed by atoms with Gasteiger partial charge in [-0.2, -0.15) is 0 Å². The Morgan fingerprint density at radius 3 is 2.47 bits per heavy atom. The van der Waals surface area contributed by atoms with Crippen molar-refractivity contribution < 1.29 is 0 Å². The van der Waals surface area contributed by atoms with Crippen LogP contribution in [-0.2, 0) is 6.42 Å². The number of halogens is 1. The summed E-state index contributed by atoms with van der Waals surface area (Å²) in [6.07, 6.45) is 1.04. The molecule has 2 aromatic carbocycles. The summed E-state index contributed by atoms with van der Waals surface area (Å²) < 4.78 is 1.14. The highest BCUT2D eigenvalue weighted by Gasteiger charge is 2.03. The van der Waals surface area contributed by atoms with Gasteiger partial charge in [-0.3, -0.25) is 0 Å². The first-order valence-corrected chi connectivity index (χ1v) is 7.12. The topological polar surface area (TPSA) is 26.0 Å². The molecule has 0 atom stereocenters. The minimum absolute atomic E-state index is 0.806. The van der Waals surface area contributed by atoms with Crippen LogP contribution in [0.4, 0.5) is 5.69 Å². The number of rotatable bonds is 3. The molecule has 0 unspecified atom stereocenters. The Hall–Kier alpha value is -0.930. The highest BCUT2D eigenvalue weighted by atomic mass is 79.9. The molecule has 2 N–H and O–H groups in total. The Bertz CT molecular complexity index is 508. The van der Waals surface area contributed by atoms with E-state index in [0.29, 0.717) is 0 Å². The maximum Gasteiger partial charge on any atom is 0.0314 e. The van der Waals surface area contributed by atoms with Gasteiger partial charge in [-0.1, -0.05) is 34.6 Å². The molecular weight excluding hydrogens is 294 g/mol. The molecule has 3 heteroatoms. The van der Waals surface area contributed by atoms with Gasteiger partial charge in [0, 0.05) is 20.0 Å². The Balaban J connectivity index is 2.26. The second-order valence-corrected chi connectivity index (χ2v) is 5.81. The van der Waals surface area contributed by atoms with Crippen LogP contribution in [-0.4, -0.2) is 0 Å². The van der Waals surface area contributed by atoms with E-state index < -0.39 is 0 Å². The van der Waals surface area contributed by atoms with E-state index in [1.165, 1.54) is 15.4 Å². The number of hydrogen-bond acceptors (Lipinski definition) is 2. The number of aryl methyl sites for hydroxylation is 1. The summed E-state index contributed by atoms with van der Waals surface area (Å²) >= 11 is 5.29. The second kappa shape index (κ2) is 5.61. The molecule has 88 valence electrons. The molecule has 0 heterocycles. The van der Waals surface area contributed by atoms with Gasteiger partial charge in [0.15, 0.2) is 0 Å². The van der Waals surface area contributed by atoms with Crippen molar-refractivity contribution in [3.8, 4) is 0 Å². The van der Waals surface area contributed by atoms with E-state index in [0.717, 1.165) is 16.6 Å². The van der Waals surface area contributed by atoms with E-state index in [1.807, 2.05) is 12.1 Å². The van der Waals surface area contributed by atoms with E-state index in [1.54, 1.807) is 11.8 Å². The molecule has 0 radical (unpaired) electrons. The molecule has 0 fully saturated rings. The average molecular weight is 308 g/mol. The summed E-state index contributed by atoms with van der Waals surface area (Å²) in [7, 11) is 0. The molecule has 2 rings (SSSR count). The average Bonchev–Trinajstić information content (AvgIpc) is 2.34. The van der Waals surface area contributed by atoms with E-state index in [-0.39, 0.29) is 0 Å². The van der Waals surface area contributed by atoms with E-state index >= 15 is 0 Å². The molecule has 17 heavy (non-hydrogen) atoms. The predicted octanol–water partition coefficient (Wildman–Crippen LogP) is 4.74. The van der Waals surface area contributed by atoms with Gasteiger partial charge in [0.05, 0.1) is 0 Å². The first-order valence-electron chi connectivity index (χ1n) is 5.51. The third-order valence-electron chi connectivity index (χ3n) is 2.51. The zero-order valence-corrected chi connectivity index (χ0v) is 12.0. The Morgan fingerprint density at radius 2 is 1.82 bits per heavy atom. The molecule has 0 bridgehead atoms. The fourth-order valence-corrected chi connectivity index (χ4v) is 2.99. The minimum Gasteiger partial charge on any atom is -0.399 e. The number of nitrogen functional groups attached to an aromatic ring is 1. The van der Waals surface area contributed by atoms with Crippen molar-refractivity contribution in [2.75, 3.05) is 5.73 Å². The van der Waals surface area contributed by atoms with Crippen LogP contribution in [0.1, 0.15) is 12.5 Å². The number of anilines is 1. The van der Waals surface area contributed by atoms with Crippen molar-refractivity contribution in [1.29, 1.82) is 0 Å². The Morgan fingerprint density at radius 1 is 1.12 bits per heavy atom. The minimum atomic E-state index is 0.806. The van der Waals surface area contributed by atoms with Gasteiger partial charge < -0.3 is 5.73 Å². The van der Waals surface area contributed by atoms with Gasteiger partial charge in [-0.05, 0) is 54.4 Å². The largest absolute Gasteiger partial charge is 0.399 e. The van der Waals surface area contributed by atoms with Crippen LogP contribution >= 0.6 is 27.7 Å². The van der Waals surface area contributed by atoms with Crippen LogP contribution in [0, 0.1) is 0 Å². The molecule has 0 aliphatic carbocycles. The highest BCUT2D eigenvalue weighted by Crippen LogP contribution is 2.32. The van der Waals surface area contributed by atoms with E-state index in [4.69, 9.17) is 5.73 Å². The summed E-state index contributed by atoms with van der Waals surface area (Å²) in [5.74, 6) is 0. The van der Waals surface area contributed by atoms with Crippen molar-refractivity contribution in [2.45, 2.75) is 23.1 Å². The molecule has 0 aromatic heterocycles. The maximum absolute atomic E-state index is 5.68. The molecule has 0 saturated carbocycles. The first-order chi connectivity index (χ1) is 8.19. The second-order valence-electron chi connectivity index (χ2n) is 3.78. The van der Waals surface area contributed by atoms with Crippen LogP contribution in [0.3, 0.4) is 0 Å². The number of hydrogen-bond donors (Lipinski definition) is 1. The highest BCUT2D eigenvalue weighted by molar-refractivity contribution is 9.10. The van der Waals surface area contributed by atoms with Gasteiger partial charge in [-0.25, -0.2) is 0 Å². The molecule has 0 saturated heterocycles. The van der Waals surface area contributed by atoms with Crippen molar-refractivity contribution >= 4 is 33.4 Å². The lowest BCUT2D eigenvalue weighted by Gasteiger charge is -2.08. The van der Waals surface area contributed by atoms with Crippen LogP contribution in [0.15, 0.2) is 56.7 Å². The molecular formula is C14H14BrNS. The van der Waals surface area contributed by atoms with Crippen molar-refractivity contribution in [1.82, 2.24) is 0 Å². The normalized spacial score (nSPS) is 10.5. The third-order valence-corrected chi connectivity index (χ3v) is 4.13. The predicted molar refractivity (Wildman–Crippen MR) is 78.5 cm³/mol. The lowest BCUT2D eigenvalue weighted by Crippen LogP contribution is -1.86. The summed E-state index contributed by atoms with van der Waals surface area (Å²) in [5.41, 5.74) is 7.85. The van der Waals surface area contributed by atoms with Crippen molar-refractivity contribution in [2.24, 2.45) is 0 Å². The fourth-order valence-electron chi connectivity index (χ4n) is 1.59. The van der Waals surface area contributed by atoms with Gasteiger partial charge in [0.2, 0.25) is 0 Å². The van der Waals surface area contributed by atoms with Gasteiger partial charge >= 0.3 is 0 Å². The van der Waals surface area contributed by atoms with Crippen molar-refractivity contribution in [3.05, 3.63) is 52.5 Å². The zero-order chi connectivity index (χ0) is 12.3.